The highest BCUT2D eigenvalue weighted by molar-refractivity contribution is 7.99. The van der Waals surface area contributed by atoms with Gasteiger partial charge in [-0.2, -0.15) is 11.8 Å². The van der Waals surface area contributed by atoms with Gasteiger partial charge < -0.3 is 5.73 Å². The van der Waals surface area contributed by atoms with E-state index < -0.39 is 0 Å². The van der Waals surface area contributed by atoms with Gasteiger partial charge in [0.25, 0.3) is 0 Å². The van der Waals surface area contributed by atoms with E-state index >= 15 is 0 Å². The molecule has 0 saturated heterocycles. The highest BCUT2D eigenvalue weighted by Gasteiger charge is 2.14. The molecule has 0 spiro atoms. The lowest BCUT2D eigenvalue weighted by Crippen LogP contribution is -2.24. The third kappa shape index (κ3) is 6.26. The van der Waals surface area contributed by atoms with Crippen molar-refractivity contribution in [3.05, 3.63) is 12.7 Å². The summed E-state index contributed by atoms with van der Waals surface area (Å²) >= 11 is 2.11. The Labute approximate surface area is 98.9 Å². The summed E-state index contributed by atoms with van der Waals surface area (Å²) in [4.78, 5) is 0. The first-order chi connectivity index (χ1) is 7.33. The van der Waals surface area contributed by atoms with Crippen LogP contribution in [0.25, 0.3) is 0 Å². The Bertz CT molecular complexity index is 164. The molecule has 1 fully saturated rings. The molecule has 1 unspecified atom stereocenters. The van der Waals surface area contributed by atoms with Crippen LogP contribution in [0.15, 0.2) is 12.7 Å². The first kappa shape index (κ1) is 13.1. The highest BCUT2D eigenvalue weighted by Crippen LogP contribution is 2.28. The molecule has 2 heteroatoms. The molecule has 1 nitrogen and oxygen atoms in total. The number of rotatable bonds is 7. The molecule has 0 aromatic rings. The standard InChI is InChI=1S/C13H25NS/c1-2-3-5-8-12(14)11-15-13-9-6-4-7-10-13/h2,12-13H,1,3-11,14H2. The van der Waals surface area contributed by atoms with Gasteiger partial charge in [-0.25, -0.2) is 0 Å². The Morgan fingerprint density at radius 3 is 2.73 bits per heavy atom. The van der Waals surface area contributed by atoms with E-state index in [1.165, 1.54) is 38.5 Å². The van der Waals surface area contributed by atoms with E-state index in [0.29, 0.717) is 6.04 Å². The number of thioether (sulfide) groups is 1. The summed E-state index contributed by atoms with van der Waals surface area (Å²) in [6, 6.07) is 0.400. The number of unbranched alkanes of at least 4 members (excludes halogenated alkanes) is 1. The molecule has 2 N–H and O–H groups in total. The third-order valence-electron chi connectivity index (χ3n) is 3.08. The second-order valence-corrected chi connectivity index (χ2v) is 5.91. The van der Waals surface area contributed by atoms with Crippen LogP contribution in [0.3, 0.4) is 0 Å². The van der Waals surface area contributed by atoms with Gasteiger partial charge >= 0.3 is 0 Å². The fourth-order valence-electron chi connectivity index (χ4n) is 2.10. The van der Waals surface area contributed by atoms with Crippen LogP contribution in [-0.4, -0.2) is 17.0 Å². The lowest BCUT2D eigenvalue weighted by Gasteiger charge is -2.22. The quantitative estimate of drug-likeness (QED) is 0.530. The summed E-state index contributed by atoms with van der Waals surface area (Å²) in [7, 11) is 0. The number of allylic oxidation sites excluding steroid dienone is 1. The van der Waals surface area contributed by atoms with Crippen molar-refractivity contribution in [1.29, 1.82) is 0 Å². The van der Waals surface area contributed by atoms with Crippen molar-refractivity contribution in [1.82, 2.24) is 0 Å². The van der Waals surface area contributed by atoms with Gasteiger partial charge in [0, 0.05) is 17.0 Å². The normalized spacial score (nSPS) is 20.1. The van der Waals surface area contributed by atoms with Gasteiger partial charge in [0.2, 0.25) is 0 Å². The van der Waals surface area contributed by atoms with Crippen LogP contribution in [0.5, 0.6) is 0 Å². The van der Waals surface area contributed by atoms with Gasteiger partial charge in [0.1, 0.15) is 0 Å². The number of hydrogen-bond acceptors (Lipinski definition) is 2. The summed E-state index contributed by atoms with van der Waals surface area (Å²) < 4.78 is 0. The molecule has 1 aliphatic rings. The lowest BCUT2D eigenvalue weighted by atomic mass is 10.0. The molecule has 1 aliphatic carbocycles. The van der Waals surface area contributed by atoms with Gasteiger partial charge in [0.05, 0.1) is 0 Å². The second kappa shape index (κ2) is 8.23. The molecule has 1 rings (SSSR count). The van der Waals surface area contributed by atoms with Crippen LogP contribution >= 0.6 is 11.8 Å². The van der Waals surface area contributed by atoms with Crippen molar-refractivity contribution in [2.75, 3.05) is 5.75 Å². The van der Waals surface area contributed by atoms with Crippen LogP contribution in [0, 0.1) is 0 Å². The zero-order chi connectivity index (χ0) is 10.9. The third-order valence-corrected chi connectivity index (χ3v) is 4.64. The molecule has 88 valence electrons. The lowest BCUT2D eigenvalue weighted by molar-refractivity contribution is 0.515. The van der Waals surface area contributed by atoms with E-state index in [-0.39, 0.29) is 0 Å². The van der Waals surface area contributed by atoms with Crippen molar-refractivity contribution >= 4 is 11.8 Å². The zero-order valence-electron chi connectivity index (χ0n) is 9.79. The summed E-state index contributed by atoms with van der Waals surface area (Å²) in [6.45, 7) is 3.73. The Hall–Kier alpha value is 0.0500. The average Bonchev–Trinajstić information content (AvgIpc) is 2.28. The predicted molar refractivity (Wildman–Crippen MR) is 71.4 cm³/mol. The number of nitrogens with two attached hydrogens (primary N) is 1. The van der Waals surface area contributed by atoms with Crippen molar-refractivity contribution < 1.29 is 0 Å². The Morgan fingerprint density at radius 1 is 1.33 bits per heavy atom. The van der Waals surface area contributed by atoms with Gasteiger partial charge in [-0.3, -0.25) is 0 Å². The van der Waals surface area contributed by atoms with E-state index in [9.17, 15) is 0 Å². The highest BCUT2D eigenvalue weighted by atomic mass is 32.2. The van der Waals surface area contributed by atoms with E-state index in [1.807, 2.05) is 6.08 Å². The molecule has 1 saturated carbocycles. The van der Waals surface area contributed by atoms with Gasteiger partial charge in [-0.15, -0.1) is 6.58 Å². The molecule has 1 atom stereocenters. The van der Waals surface area contributed by atoms with Crippen molar-refractivity contribution in [2.24, 2.45) is 5.73 Å². The van der Waals surface area contributed by atoms with Crippen LogP contribution in [0.4, 0.5) is 0 Å². The van der Waals surface area contributed by atoms with Crippen LogP contribution in [0.2, 0.25) is 0 Å². The fourth-order valence-corrected chi connectivity index (χ4v) is 3.45. The minimum atomic E-state index is 0.400. The van der Waals surface area contributed by atoms with Gasteiger partial charge in [0.15, 0.2) is 0 Å². The maximum absolute atomic E-state index is 6.08. The van der Waals surface area contributed by atoms with Crippen LogP contribution in [0.1, 0.15) is 51.4 Å². The van der Waals surface area contributed by atoms with Gasteiger partial charge in [-0.05, 0) is 32.1 Å². The fraction of sp³-hybridized carbons (Fsp3) is 0.846. The van der Waals surface area contributed by atoms with Crippen LogP contribution < -0.4 is 5.73 Å². The SMILES string of the molecule is C=CCCCC(N)CSC1CCCCC1. The minimum Gasteiger partial charge on any atom is -0.327 e. The Balaban J connectivity index is 1.99. The van der Waals surface area contributed by atoms with Crippen molar-refractivity contribution in [3.8, 4) is 0 Å². The topological polar surface area (TPSA) is 26.0 Å². The number of hydrogen-bond donors (Lipinski definition) is 1. The van der Waals surface area contributed by atoms with E-state index in [1.54, 1.807) is 0 Å². The zero-order valence-corrected chi connectivity index (χ0v) is 10.6. The molecule has 0 aromatic heterocycles. The Morgan fingerprint density at radius 2 is 2.07 bits per heavy atom. The molecule has 0 radical (unpaired) electrons. The molecular formula is C13H25NS. The predicted octanol–water partition coefficient (Wildman–Crippen LogP) is 3.74. The first-order valence-corrected chi connectivity index (χ1v) is 7.36. The first-order valence-electron chi connectivity index (χ1n) is 6.31. The second-order valence-electron chi connectivity index (χ2n) is 4.57. The molecule has 15 heavy (non-hydrogen) atoms. The summed E-state index contributed by atoms with van der Waals surface area (Å²) in [6.07, 6.45) is 12.6. The maximum Gasteiger partial charge on any atom is 0.0130 e. The molecule has 0 heterocycles. The molecule has 0 aliphatic heterocycles. The van der Waals surface area contributed by atoms with Crippen molar-refractivity contribution in [2.45, 2.75) is 62.7 Å². The van der Waals surface area contributed by atoms with E-state index in [2.05, 4.69) is 18.3 Å². The average molecular weight is 227 g/mol. The van der Waals surface area contributed by atoms with Crippen molar-refractivity contribution in [3.63, 3.8) is 0 Å². The molecule has 0 amide bonds. The molecule has 0 aromatic carbocycles. The smallest absolute Gasteiger partial charge is 0.0130 e. The monoisotopic (exact) mass is 227 g/mol. The van der Waals surface area contributed by atoms with Crippen LogP contribution in [-0.2, 0) is 0 Å². The van der Waals surface area contributed by atoms with Gasteiger partial charge in [-0.1, -0.05) is 25.3 Å². The summed E-state index contributed by atoms with van der Waals surface area (Å²) in [5.74, 6) is 1.15. The molecule has 0 bridgehead atoms. The largest absolute Gasteiger partial charge is 0.327 e. The van der Waals surface area contributed by atoms with E-state index in [0.717, 1.165) is 23.8 Å². The molecular weight excluding hydrogens is 202 g/mol. The summed E-state index contributed by atoms with van der Waals surface area (Å²) in [5.41, 5.74) is 6.08. The minimum absolute atomic E-state index is 0.400. The maximum atomic E-state index is 6.08. The Kier molecular flexibility index (Phi) is 7.20. The van der Waals surface area contributed by atoms with E-state index in [4.69, 9.17) is 5.73 Å². The summed E-state index contributed by atoms with van der Waals surface area (Å²) in [5, 5.41) is 0.907.